The van der Waals surface area contributed by atoms with Crippen LogP contribution in [-0.2, 0) is 9.53 Å². The summed E-state index contributed by atoms with van der Waals surface area (Å²) in [6, 6.07) is 0. The van der Waals surface area contributed by atoms with Gasteiger partial charge in [-0.2, -0.15) is 0 Å². The number of esters is 1. The van der Waals surface area contributed by atoms with E-state index in [1.54, 1.807) is 6.08 Å². The number of carbonyl (C=O) groups is 1. The molecule has 0 radical (unpaired) electrons. The van der Waals surface area contributed by atoms with Crippen molar-refractivity contribution < 1.29 is 9.53 Å². The fraction of sp³-hybridized carbons (Fsp3) is 0.762. The number of carbonyl (C=O) groups excluding carboxylic acids is 1. The van der Waals surface area contributed by atoms with Crippen molar-refractivity contribution in [1.29, 1.82) is 0 Å². The van der Waals surface area contributed by atoms with Gasteiger partial charge in [-0.15, -0.1) is 0 Å². The summed E-state index contributed by atoms with van der Waals surface area (Å²) >= 11 is 0. The summed E-state index contributed by atoms with van der Waals surface area (Å²) in [5.41, 5.74) is 3.62. The van der Waals surface area contributed by atoms with E-state index in [1.165, 1.54) is 44.8 Å². The Morgan fingerprint density at radius 2 is 2.09 bits per heavy atom. The van der Waals surface area contributed by atoms with Crippen molar-refractivity contribution in [2.24, 2.45) is 28.6 Å². The molecule has 0 spiro atoms. The lowest BCUT2D eigenvalue weighted by Gasteiger charge is -2.54. The highest BCUT2D eigenvalue weighted by molar-refractivity contribution is 5.82. The van der Waals surface area contributed by atoms with Crippen LogP contribution in [0.25, 0.3) is 0 Å². The van der Waals surface area contributed by atoms with Gasteiger partial charge in [0.25, 0.3) is 0 Å². The molecule has 128 valence electrons. The highest BCUT2D eigenvalue weighted by Crippen LogP contribution is 2.73. The van der Waals surface area contributed by atoms with E-state index in [9.17, 15) is 4.79 Å². The Morgan fingerprint density at radius 3 is 2.78 bits per heavy atom. The summed E-state index contributed by atoms with van der Waals surface area (Å²) < 4.78 is 4.74. The molecular formula is C21H32O2. The molecule has 3 rings (SSSR count). The average molecular weight is 316 g/mol. The van der Waals surface area contributed by atoms with Crippen molar-refractivity contribution in [1.82, 2.24) is 0 Å². The van der Waals surface area contributed by atoms with Gasteiger partial charge in [-0.1, -0.05) is 31.6 Å². The Hall–Kier alpha value is -1.05. The molecule has 0 aromatic heterocycles. The molecule has 0 N–H and O–H groups in total. The summed E-state index contributed by atoms with van der Waals surface area (Å²) in [4.78, 5) is 11.4. The molecular weight excluding hydrogens is 284 g/mol. The molecule has 0 saturated heterocycles. The Bertz CT molecular complexity index is 546. The van der Waals surface area contributed by atoms with Crippen LogP contribution < -0.4 is 0 Å². The molecule has 0 heterocycles. The van der Waals surface area contributed by atoms with Gasteiger partial charge in [0.15, 0.2) is 0 Å². The van der Waals surface area contributed by atoms with Crippen molar-refractivity contribution in [2.75, 3.05) is 7.11 Å². The summed E-state index contributed by atoms with van der Waals surface area (Å²) in [6.07, 6.45) is 10.5. The van der Waals surface area contributed by atoms with Gasteiger partial charge in [-0.3, -0.25) is 0 Å². The van der Waals surface area contributed by atoms with E-state index in [-0.39, 0.29) is 5.97 Å². The predicted molar refractivity (Wildman–Crippen MR) is 93.9 cm³/mol. The van der Waals surface area contributed by atoms with Crippen LogP contribution in [0.5, 0.6) is 0 Å². The van der Waals surface area contributed by atoms with Crippen LogP contribution in [-0.4, -0.2) is 13.1 Å². The Kier molecular flexibility index (Phi) is 4.23. The Morgan fingerprint density at radius 1 is 1.35 bits per heavy atom. The number of fused-ring (bicyclic) bond motifs is 3. The molecule has 0 aromatic rings. The lowest BCUT2D eigenvalue weighted by atomic mass is 9.50. The first-order chi connectivity index (χ1) is 10.8. The molecule has 2 nitrogen and oxygen atoms in total. The second-order valence-corrected chi connectivity index (χ2v) is 8.81. The number of methoxy groups -OCH3 is 1. The molecule has 3 aliphatic carbocycles. The van der Waals surface area contributed by atoms with E-state index in [0.717, 1.165) is 30.3 Å². The third-order valence-electron chi connectivity index (χ3n) is 7.52. The molecule has 2 heteroatoms. The summed E-state index contributed by atoms with van der Waals surface area (Å²) in [5, 5.41) is 0. The maximum Gasteiger partial charge on any atom is 0.330 e. The Balaban J connectivity index is 1.73. The van der Waals surface area contributed by atoms with Crippen LogP contribution in [0, 0.1) is 28.6 Å². The van der Waals surface area contributed by atoms with Gasteiger partial charge >= 0.3 is 5.97 Å². The van der Waals surface area contributed by atoms with E-state index in [4.69, 9.17) is 4.74 Å². The van der Waals surface area contributed by atoms with Gasteiger partial charge in [0.05, 0.1) is 7.11 Å². The van der Waals surface area contributed by atoms with Crippen LogP contribution in [0.2, 0.25) is 0 Å². The first-order valence-electron chi connectivity index (χ1n) is 9.24. The molecule has 0 amide bonds. The number of allylic oxidation sites excluding steroid dienone is 2. The minimum atomic E-state index is -0.236. The molecule has 3 saturated carbocycles. The maximum absolute atomic E-state index is 11.4. The normalized spacial score (nSPS) is 42.7. The lowest BCUT2D eigenvalue weighted by molar-refractivity contribution is -0.134. The summed E-state index contributed by atoms with van der Waals surface area (Å²) in [6.45, 7) is 11.5. The van der Waals surface area contributed by atoms with E-state index in [0.29, 0.717) is 16.7 Å². The van der Waals surface area contributed by atoms with Crippen LogP contribution in [0.15, 0.2) is 23.8 Å². The van der Waals surface area contributed by atoms with Crippen molar-refractivity contribution in [2.45, 2.75) is 65.7 Å². The first-order valence-corrected chi connectivity index (χ1v) is 9.24. The van der Waals surface area contributed by atoms with E-state index in [1.807, 2.05) is 6.92 Å². The largest absolute Gasteiger partial charge is 0.466 e. The van der Waals surface area contributed by atoms with Crippen LogP contribution in [0.3, 0.4) is 0 Å². The lowest BCUT2D eigenvalue weighted by Crippen LogP contribution is -2.46. The molecule has 3 aliphatic rings. The van der Waals surface area contributed by atoms with Crippen molar-refractivity contribution in [3.8, 4) is 0 Å². The number of rotatable bonds is 4. The first kappa shape index (κ1) is 16.8. The zero-order valence-corrected chi connectivity index (χ0v) is 15.3. The van der Waals surface area contributed by atoms with Crippen LogP contribution >= 0.6 is 0 Å². The fourth-order valence-corrected chi connectivity index (χ4v) is 6.03. The summed E-state index contributed by atoms with van der Waals surface area (Å²) in [5.74, 6) is 2.24. The van der Waals surface area contributed by atoms with E-state index in [2.05, 4.69) is 20.4 Å². The van der Waals surface area contributed by atoms with E-state index < -0.39 is 0 Å². The highest BCUT2D eigenvalue weighted by Gasteiger charge is 2.64. The van der Waals surface area contributed by atoms with Gasteiger partial charge in [0, 0.05) is 6.08 Å². The Labute approximate surface area is 141 Å². The average Bonchev–Trinajstić information content (AvgIpc) is 3.17. The zero-order chi connectivity index (χ0) is 16.8. The zero-order valence-electron chi connectivity index (χ0n) is 15.3. The van der Waals surface area contributed by atoms with Crippen molar-refractivity contribution in [3.05, 3.63) is 23.8 Å². The third-order valence-corrected chi connectivity index (χ3v) is 7.52. The monoisotopic (exact) mass is 316 g/mol. The maximum atomic E-state index is 11.4. The van der Waals surface area contributed by atoms with Crippen LogP contribution in [0.4, 0.5) is 0 Å². The molecule has 3 fully saturated rings. The molecule has 0 aliphatic heterocycles. The molecule has 5 unspecified atom stereocenters. The SMILES string of the molecule is C=C1CCC2C3(C)CC3CCC2(C)C1CCC(C)=CC(=O)OC. The molecule has 0 bridgehead atoms. The van der Waals surface area contributed by atoms with Crippen molar-refractivity contribution in [3.63, 3.8) is 0 Å². The second-order valence-electron chi connectivity index (χ2n) is 8.81. The third kappa shape index (κ3) is 2.79. The summed E-state index contributed by atoms with van der Waals surface area (Å²) in [7, 11) is 1.44. The number of hydrogen-bond acceptors (Lipinski definition) is 2. The fourth-order valence-electron chi connectivity index (χ4n) is 6.03. The standard InChI is InChI=1S/C21H32O2/c1-14(12-19(22)23-5)6-8-17-15(2)7-9-18-20(17,3)11-10-16-13-21(16,18)4/h12,16-18H,2,6-11,13H2,1,3-5H3. The molecule has 5 atom stereocenters. The molecule has 0 aromatic carbocycles. The number of ether oxygens (including phenoxy) is 1. The molecule has 23 heavy (non-hydrogen) atoms. The quantitative estimate of drug-likeness (QED) is 0.400. The van der Waals surface area contributed by atoms with E-state index >= 15 is 0 Å². The van der Waals surface area contributed by atoms with Gasteiger partial charge < -0.3 is 4.74 Å². The highest BCUT2D eigenvalue weighted by atomic mass is 16.5. The topological polar surface area (TPSA) is 26.3 Å². The smallest absolute Gasteiger partial charge is 0.330 e. The van der Waals surface area contributed by atoms with Gasteiger partial charge in [-0.25, -0.2) is 4.79 Å². The predicted octanol–water partition coefficient (Wildman–Crippen LogP) is 5.29. The minimum Gasteiger partial charge on any atom is -0.466 e. The van der Waals surface area contributed by atoms with Gasteiger partial charge in [0.2, 0.25) is 0 Å². The second kappa shape index (κ2) is 5.79. The van der Waals surface area contributed by atoms with Crippen LogP contribution in [0.1, 0.15) is 65.7 Å². The number of hydrogen-bond donors (Lipinski definition) is 0. The minimum absolute atomic E-state index is 0.236. The van der Waals surface area contributed by atoms with Gasteiger partial charge in [-0.05, 0) is 80.5 Å². The van der Waals surface area contributed by atoms with Gasteiger partial charge in [0.1, 0.15) is 0 Å². The van der Waals surface area contributed by atoms with Crippen molar-refractivity contribution >= 4 is 5.97 Å².